The monoisotopic (exact) mass is 323 g/mol. The Bertz CT molecular complexity index is 602. The number of thioether (sulfide) groups is 1. The number of carbonyl (C=O) groups is 1. The molecule has 112 valence electrons. The van der Waals surface area contributed by atoms with Crippen LogP contribution in [0.15, 0.2) is 28.1 Å². The van der Waals surface area contributed by atoms with E-state index >= 15 is 0 Å². The van der Waals surface area contributed by atoms with E-state index < -0.39 is 0 Å². The second kappa shape index (κ2) is 6.23. The van der Waals surface area contributed by atoms with Gasteiger partial charge in [-0.3, -0.25) is 4.79 Å². The van der Waals surface area contributed by atoms with Gasteiger partial charge >= 0.3 is 5.97 Å². The minimum absolute atomic E-state index is 0.102. The van der Waals surface area contributed by atoms with Crippen molar-refractivity contribution in [2.45, 2.75) is 25.0 Å². The van der Waals surface area contributed by atoms with E-state index in [0.29, 0.717) is 6.42 Å². The van der Waals surface area contributed by atoms with Crippen LogP contribution in [-0.2, 0) is 15.3 Å². The van der Waals surface area contributed by atoms with Gasteiger partial charge in [0, 0.05) is 11.8 Å². The van der Waals surface area contributed by atoms with E-state index in [2.05, 4.69) is 5.16 Å². The van der Waals surface area contributed by atoms with Crippen LogP contribution in [0, 0.1) is 5.41 Å². The van der Waals surface area contributed by atoms with E-state index in [9.17, 15) is 4.79 Å². The zero-order valence-electron chi connectivity index (χ0n) is 11.8. The van der Waals surface area contributed by atoms with Gasteiger partial charge < -0.3 is 9.26 Å². The van der Waals surface area contributed by atoms with Crippen molar-refractivity contribution in [3.63, 3.8) is 0 Å². The van der Waals surface area contributed by atoms with Gasteiger partial charge in [0.2, 0.25) is 0 Å². The van der Waals surface area contributed by atoms with Gasteiger partial charge in [-0.05, 0) is 35.5 Å². The lowest BCUT2D eigenvalue weighted by Crippen LogP contribution is -2.13. The van der Waals surface area contributed by atoms with Crippen LogP contribution < -0.4 is 0 Å². The van der Waals surface area contributed by atoms with Gasteiger partial charge in [0.05, 0.1) is 24.1 Å². The summed E-state index contributed by atoms with van der Waals surface area (Å²) in [5.41, 5.74) is 1.12. The summed E-state index contributed by atoms with van der Waals surface area (Å²) in [4.78, 5) is 12.5. The lowest BCUT2D eigenvalue weighted by atomic mass is 10.1. The maximum absolute atomic E-state index is 11.4. The quantitative estimate of drug-likeness (QED) is 0.721. The van der Waals surface area contributed by atoms with Crippen molar-refractivity contribution in [1.29, 1.82) is 0 Å². The minimum atomic E-state index is -0.102. The molecule has 2 aromatic heterocycles. The molecule has 1 fully saturated rings. The molecule has 0 saturated heterocycles. The molecule has 0 unspecified atom stereocenters. The van der Waals surface area contributed by atoms with Gasteiger partial charge in [0.15, 0.2) is 5.76 Å². The van der Waals surface area contributed by atoms with Crippen LogP contribution in [0.5, 0.6) is 0 Å². The normalized spacial score (nSPS) is 15.9. The number of nitrogens with zero attached hydrogens (tertiary/aromatic N) is 1. The number of methoxy groups -OCH3 is 1. The number of aromatic nitrogens is 1. The summed E-state index contributed by atoms with van der Waals surface area (Å²) in [6.07, 6.45) is 2.78. The van der Waals surface area contributed by atoms with E-state index in [1.807, 2.05) is 35.3 Å². The first-order valence-corrected chi connectivity index (χ1v) is 8.88. The lowest BCUT2D eigenvalue weighted by Gasteiger charge is -2.12. The molecule has 21 heavy (non-hydrogen) atoms. The predicted octanol–water partition coefficient (Wildman–Crippen LogP) is 3.98. The zero-order valence-corrected chi connectivity index (χ0v) is 13.5. The molecule has 0 radical (unpaired) electrons. The maximum Gasteiger partial charge on any atom is 0.306 e. The first-order valence-electron chi connectivity index (χ1n) is 6.85. The molecule has 4 nitrogen and oxygen atoms in total. The van der Waals surface area contributed by atoms with E-state index in [1.165, 1.54) is 7.11 Å². The van der Waals surface area contributed by atoms with Crippen LogP contribution in [0.3, 0.4) is 0 Å². The SMILES string of the molecule is COC(=O)CC1(CSCc2cc(-c3cccs3)on2)CC1. The van der Waals surface area contributed by atoms with Crippen LogP contribution in [0.1, 0.15) is 25.0 Å². The van der Waals surface area contributed by atoms with Crippen molar-refractivity contribution in [2.75, 3.05) is 12.9 Å². The zero-order chi connectivity index (χ0) is 14.7. The molecule has 1 aliphatic carbocycles. The molecule has 2 heterocycles. The molecule has 0 aromatic carbocycles. The van der Waals surface area contributed by atoms with Crippen molar-refractivity contribution >= 4 is 29.1 Å². The number of thiophene rings is 1. The molecule has 0 bridgehead atoms. The van der Waals surface area contributed by atoms with Crippen molar-refractivity contribution < 1.29 is 14.1 Å². The van der Waals surface area contributed by atoms with Crippen molar-refractivity contribution in [3.05, 3.63) is 29.3 Å². The fraction of sp³-hybridized carbons (Fsp3) is 0.467. The highest BCUT2D eigenvalue weighted by Crippen LogP contribution is 2.51. The molecule has 1 saturated carbocycles. The lowest BCUT2D eigenvalue weighted by molar-refractivity contribution is -0.141. The highest BCUT2D eigenvalue weighted by Gasteiger charge is 2.44. The standard InChI is InChI=1S/C15H17NO3S2/c1-18-14(17)8-15(4-5-15)10-20-9-11-7-12(19-16-11)13-3-2-6-21-13/h2-3,6-7H,4-5,8-10H2,1H3. The Morgan fingerprint density at radius 2 is 2.43 bits per heavy atom. The Kier molecular flexibility index (Phi) is 4.35. The maximum atomic E-state index is 11.4. The molecule has 0 N–H and O–H groups in total. The summed E-state index contributed by atoms with van der Waals surface area (Å²) < 4.78 is 10.1. The van der Waals surface area contributed by atoms with Gasteiger partial charge in [-0.1, -0.05) is 11.2 Å². The molecule has 0 aliphatic heterocycles. The smallest absolute Gasteiger partial charge is 0.306 e. The van der Waals surface area contributed by atoms with Crippen LogP contribution in [0.4, 0.5) is 0 Å². The Balaban J connectivity index is 1.49. The van der Waals surface area contributed by atoms with Gasteiger partial charge in [-0.25, -0.2) is 0 Å². The third-order valence-corrected chi connectivity index (χ3v) is 5.89. The molecule has 2 aromatic rings. The number of hydrogen-bond donors (Lipinski definition) is 0. The third kappa shape index (κ3) is 3.68. The molecule has 0 atom stereocenters. The average molecular weight is 323 g/mol. The Labute approximate surface area is 131 Å². The summed E-state index contributed by atoms with van der Waals surface area (Å²) in [6.45, 7) is 0. The van der Waals surface area contributed by atoms with E-state index in [1.54, 1.807) is 11.3 Å². The van der Waals surface area contributed by atoms with Crippen molar-refractivity contribution in [3.8, 4) is 10.6 Å². The summed E-state index contributed by atoms with van der Waals surface area (Å²) >= 11 is 3.46. The van der Waals surface area contributed by atoms with Crippen molar-refractivity contribution in [2.24, 2.45) is 5.41 Å². The van der Waals surface area contributed by atoms with Crippen LogP contribution in [0.2, 0.25) is 0 Å². The predicted molar refractivity (Wildman–Crippen MR) is 84.3 cm³/mol. The molecule has 3 rings (SSSR count). The summed E-state index contributed by atoms with van der Waals surface area (Å²) in [7, 11) is 1.45. The summed E-state index contributed by atoms with van der Waals surface area (Å²) in [5.74, 6) is 2.52. The number of esters is 1. The first kappa shape index (κ1) is 14.7. The minimum Gasteiger partial charge on any atom is -0.469 e. The van der Waals surface area contributed by atoms with Gasteiger partial charge in [-0.15, -0.1) is 11.3 Å². The Hall–Kier alpha value is -1.27. The average Bonchev–Trinajstić information content (AvgIpc) is 2.93. The van der Waals surface area contributed by atoms with Gasteiger partial charge in [0.25, 0.3) is 0 Å². The second-order valence-corrected chi connectivity index (χ2v) is 7.34. The first-order chi connectivity index (χ1) is 10.2. The van der Waals surface area contributed by atoms with Gasteiger partial charge in [0.1, 0.15) is 0 Å². The third-order valence-electron chi connectivity index (χ3n) is 3.69. The van der Waals surface area contributed by atoms with Gasteiger partial charge in [-0.2, -0.15) is 11.8 Å². The van der Waals surface area contributed by atoms with E-state index in [0.717, 1.165) is 40.7 Å². The largest absolute Gasteiger partial charge is 0.469 e. The molecule has 0 amide bonds. The Morgan fingerprint density at radius 3 is 3.10 bits per heavy atom. The fourth-order valence-corrected chi connectivity index (χ4v) is 4.16. The second-order valence-electron chi connectivity index (χ2n) is 5.41. The molecular weight excluding hydrogens is 306 g/mol. The van der Waals surface area contributed by atoms with Crippen LogP contribution >= 0.6 is 23.1 Å². The molecule has 0 spiro atoms. The molecular formula is C15H17NO3S2. The highest BCUT2D eigenvalue weighted by molar-refractivity contribution is 7.98. The number of ether oxygens (including phenoxy) is 1. The fourth-order valence-electron chi connectivity index (χ4n) is 2.21. The Morgan fingerprint density at radius 1 is 1.57 bits per heavy atom. The van der Waals surface area contributed by atoms with Crippen LogP contribution in [0.25, 0.3) is 10.6 Å². The highest BCUT2D eigenvalue weighted by atomic mass is 32.2. The summed E-state index contributed by atoms with van der Waals surface area (Å²) in [6, 6.07) is 6.02. The van der Waals surface area contributed by atoms with E-state index in [-0.39, 0.29) is 11.4 Å². The molecule has 6 heteroatoms. The number of rotatable bonds is 7. The topological polar surface area (TPSA) is 52.3 Å². The molecule has 1 aliphatic rings. The number of carbonyl (C=O) groups excluding carboxylic acids is 1. The van der Waals surface area contributed by atoms with E-state index in [4.69, 9.17) is 9.26 Å². The van der Waals surface area contributed by atoms with Crippen molar-refractivity contribution in [1.82, 2.24) is 5.16 Å². The van der Waals surface area contributed by atoms with Crippen LogP contribution in [-0.4, -0.2) is 24.0 Å². The number of hydrogen-bond acceptors (Lipinski definition) is 6. The summed E-state index contributed by atoms with van der Waals surface area (Å²) in [5, 5.41) is 6.13.